The largest absolute Gasteiger partial charge is 0.377 e. The smallest absolute Gasteiger partial charge is 0.322 e. The van der Waals surface area contributed by atoms with Gasteiger partial charge in [-0.1, -0.05) is 19.4 Å². The lowest BCUT2D eigenvalue weighted by Crippen LogP contribution is -2.41. The molecule has 172 valence electrons. The van der Waals surface area contributed by atoms with Crippen LogP contribution in [-0.4, -0.2) is 37.0 Å². The molecule has 1 atom stereocenters. The number of hydrogen-bond donors (Lipinski definition) is 2. The second-order valence-corrected chi connectivity index (χ2v) is 8.68. The van der Waals surface area contributed by atoms with Crippen LogP contribution < -0.4 is 15.5 Å². The maximum Gasteiger partial charge on any atom is 0.322 e. The molecule has 1 unspecified atom stereocenters. The average molecular weight is 441 g/mol. The highest BCUT2D eigenvalue weighted by molar-refractivity contribution is 5.93. The van der Waals surface area contributed by atoms with E-state index in [9.17, 15) is 14.0 Å². The van der Waals surface area contributed by atoms with E-state index in [1.165, 1.54) is 12.1 Å². The summed E-state index contributed by atoms with van der Waals surface area (Å²) in [4.78, 5) is 29.3. The highest BCUT2D eigenvalue weighted by Gasteiger charge is 2.26. The Labute approximate surface area is 189 Å². The molecule has 0 spiro atoms. The monoisotopic (exact) mass is 440 g/mol. The van der Waals surface area contributed by atoms with Crippen molar-refractivity contribution in [2.45, 2.75) is 52.1 Å². The lowest BCUT2D eigenvalue weighted by molar-refractivity contribution is -0.122. The lowest BCUT2D eigenvalue weighted by atomic mass is 9.85. The van der Waals surface area contributed by atoms with Crippen molar-refractivity contribution in [1.29, 1.82) is 0 Å². The van der Waals surface area contributed by atoms with Gasteiger partial charge in [-0.15, -0.1) is 0 Å². The Kier molecular flexibility index (Phi) is 7.72. The van der Waals surface area contributed by atoms with E-state index in [0.717, 1.165) is 42.6 Å². The van der Waals surface area contributed by atoms with Crippen molar-refractivity contribution in [3.8, 4) is 0 Å². The first-order chi connectivity index (χ1) is 15.3. The van der Waals surface area contributed by atoms with Crippen molar-refractivity contribution in [2.24, 2.45) is 5.92 Å². The fraction of sp³-hybridized carbons (Fsp3) is 0.440. The van der Waals surface area contributed by atoms with E-state index >= 15 is 0 Å². The molecule has 32 heavy (non-hydrogen) atoms. The summed E-state index contributed by atoms with van der Waals surface area (Å²) in [5.41, 5.74) is 3.05. The Bertz CT molecular complexity index is 959. The van der Waals surface area contributed by atoms with Gasteiger partial charge < -0.3 is 20.4 Å². The molecule has 0 aromatic heterocycles. The highest BCUT2D eigenvalue weighted by atomic mass is 19.1. The number of urea groups is 1. The molecule has 1 aliphatic rings. The Morgan fingerprint density at radius 1 is 1.09 bits per heavy atom. The quantitative estimate of drug-likeness (QED) is 0.573. The third-order valence-electron chi connectivity index (χ3n) is 6.11. The third kappa shape index (κ3) is 5.78. The molecule has 3 amide bonds. The van der Waals surface area contributed by atoms with Crippen molar-refractivity contribution < 1.29 is 14.0 Å². The molecular formula is C25H33FN4O2. The summed E-state index contributed by atoms with van der Waals surface area (Å²) in [5, 5.41) is 5.83. The number of amides is 3. The zero-order chi connectivity index (χ0) is 23.3. The number of hydrogen-bond acceptors (Lipinski definition) is 3. The fourth-order valence-electron chi connectivity index (χ4n) is 3.73. The number of benzene rings is 2. The zero-order valence-electron chi connectivity index (χ0n) is 19.3. The summed E-state index contributed by atoms with van der Waals surface area (Å²) < 4.78 is 13.6. The van der Waals surface area contributed by atoms with Gasteiger partial charge in [-0.3, -0.25) is 4.79 Å². The van der Waals surface area contributed by atoms with Crippen molar-refractivity contribution >= 4 is 29.0 Å². The first-order valence-electron chi connectivity index (χ1n) is 11.2. The van der Waals surface area contributed by atoms with Gasteiger partial charge in [-0.2, -0.15) is 0 Å². The number of nitrogens with one attached hydrogen (secondary N) is 2. The molecule has 0 heterocycles. The van der Waals surface area contributed by atoms with Crippen LogP contribution in [0.25, 0.3) is 0 Å². The fourth-order valence-corrected chi connectivity index (χ4v) is 3.73. The molecular weight excluding hydrogens is 407 g/mol. The molecule has 1 saturated carbocycles. The Balaban J connectivity index is 1.83. The number of rotatable bonds is 8. The van der Waals surface area contributed by atoms with Crippen molar-refractivity contribution in [2.75, 3.05) is 29.6 Å². The topological polar surface area (TPSA) is 64.7 Å². The second-order valence-electron chi connectivity index (χ2n) is 8.68. The highest BCUT2D eigenvalue weighted by Crippen LogP contribution is 2.30. The van der Waals surface area contributed by atoms with E-state index in [1.54, 1.807) is 17.0 Å². The number of anilines is 3. The molecule has 1 aliphatic carbocycles. The van der Waals surface area contributed by atoms with Crippen molar-refractivity contribution in [1.82, 2.24) is 4.90 Å². The van der Waals surface area contributed by atoms with E-state index in [1.807, 2.05) is 51.0 Å². The van der Waals surface area contributed by atoms with Gasteiger partial charge in [0.25, 0.3) is 0 Å². The van der Waals surface area contributed by atoms with E-state index in [0.29, 0.717) is 12.2 Å². The minimum atomic E-state index is -0.400. The Morgan fingerprint density at radius 2 is 1.81 bits per heavy atom. The average Bonchev–Trinajstić information content (AvgIpc) is 2.70. The summed E-state index contributed by atoms with van der Waals surface area (Å²) in [6.07, 6.45) is 3.76. The summed E-state index contributed by atoms with van der Waals surface area (Å²) in [6.45, 7) is 4.37. The van der Waals surface area contributed by atoms with Crippen LogP contribution >= 0.6 is 0 Å². The normalized spacial score (nSPS) is 14.3. The summed E-state index contributed by atoms with van der Waals surface area (Å²) >= 11 is 0. The Hall–Kier alpha value is -3.09. The first-order valence-corrected chi connectivity index (χ1v) is 11.2. The van der Waals surface area contributed by atoms with Crippen LogP contribution in [-0.2, 0) is 11.3 Å². The van der Waals surface area contributed by atoms with E-state index < -0.39 is 5.82 Å². The van der Waals surface area contributed by atoms with Gasteiger partial charge in [0.15, 0.2) is 0 Å². The first kappa shape index (κ1) is 23.6. The molecule has 2 aromatic carbocycles. The van der Waals surface area contributed by atoms with E-state index in [2.05, 4.69) is 10.6 Å². The molecule has 2 aromatic rings. The standard InChI is InChI=1S/C25H33FN4O2/c1-5-17(2)30(25(32)28-21-11-7-10-20(26)15-21)16-19-14-22(12-13-23(19)29(3)4)27-24(31)18-8-6-9-18/h7,10-15,17-18H,5-6,8-9,16H2,1-4H3,(H,27,31)(H,28,32). The summed E-state index contributed by atoms with van der Waals surface area (Å²) in [5.74, 6) is -0.245. The van der Waals surface area contributed by atoms with E-state index in [-0.39, 0.29) is 23.9 Å². The Morgan fingerprint density at radius 3 is 2.41 bits per heavy atom. The van der Waals surface area contributed by atoms with Crippen molar-refractivity contribution in [3.63, 3.8) is 0 Å². The van der Waals surface area contributed by atoms with Gasteiger partial charge in [-0.25, -0.2) is 9.18 Å². The molecule has 6 nitrogen and oxygen atoms in total. The van der Waals surface area contributed by atoms with Crippen LogP contribution in [0.15, 0.2) is 42.5 Å². The van der Waals surface area contributed by atoms with Gasteiger partial charge in [0, 0.05) is 49.7 Å². The van der Waals surface area contributed by atoms with Crippen LogP contribution in [0.2, 0.25) is 0 Å². The molecule has 0 bridgehead atoms. The van der Waals surface area contributed by atoms with Crippen LogP contribution in [0.1, 0.15) is 45.1 Å². The predicted octanol–water partition coefficient (Wildman–Crippen LogP) is 5.46. The summed E-state index contributed by atoms with van der Waals surface area (Å²) in [6, 6.07) is 11.3. The molecule has 0 aliphatic heterocycles. The predicted molar refractivity (Wildman–Crippen MR) is 127 cm³/mol. The number of carbonyl (C=O) groups is 2. The van der Waals surface area contributed by atoms with Gasteiger partial charge >= 0.3 is 6.03 Å². The number of carbonyl (C=O) groups excluding carboxylic acids is 2. The van der Waals surface area contributed by atoms with Crippen molar-refractivity contribution in [3.05, 3.63) is 53.8 Å². The van der Waals surface area contributed by atoms with Gasteiger partial charge in [-0.05, 0) is 68.1 Å². The minimum absolute atomic E-state index is 0.0354. The second kappa shape index (κ2) is 10.5. The summed E-state index contributed by atoms with van der Waals surface area (Å²) in [7, 11) is 3.90. The number of halogens is 1. The molecule has 0 radical (unpaired) electrons. The SMILES string of the molecule is CCC(C)N(Cc1cc(NC(=O)C2CCC2)ccc1N(C)C)C(=O)Nc1cccc(F)c1. The molecule has 2 N–H and O–H groups in total. The van der Waals surface area contributed by atoms with Crippen LogP contribution in [0.4, 0.5) is 26.2 Å². The third-order valence-corrected chi connectivity index (χ3v) is 6.11. The molecule has 0 saturated heterocycles. The van der Waals surface area contributed by atoms with Crippen LogP contribution in [0, 0.1) is 11.7 Å². The minimum Gasteiger partial charge on any atom is -0.377 e. The van der Waals surface area contributed by atoms with Gasteiger partial charge in [0.05, 0.1) is 0 Å². The molecule has 1 fully saturated rings. The van der Waals surface area contributed by atoms with Crippen LogP contribution in [0.5, 0.6) is 0 Å². The van der Waals surface area contributed by atoms with Crippen LogP contribution in [0.3, 0.4) is 0 Å². The maximum atomic E-state index is 13.6. The van der Waals surface area contributed by atoms with E-state index in [4.69, 9.17) is 0 Å². The maximum absolute atomic E-state index is 13.6. The molecule has 7 heteroatoms. The van der Waals surface area contributed by atoms with Gasteiger partial charge in [0.2, 0.25) is 5.91 Å². The lowest BCUT2D eigenvalue weighted by Gasteiger charge is -2.31. The molecule has 3 rings (SSSR count). The zero-order valence-corrected chi connectivity index (χ0v) is 19.3. The number of nitrogens with zero attached hydrogens (tertiary/aromatic N) is 2. The van der Waals surface area contributed by atoms with Gasteiger partial charge in [0.1, 0.15) is 5.82 Å².